The molecular weight excluding hydrogens is 232 g/mol. The Balaban J connectivity index is 1.91. The fraction of sp³-hybridized carbons (Fsp3) is 0.647. The molecule has 19 heavy (non-hydrogen) atoms. The van der Waals surface area contributed by atoms with Crippen molar-refractivity contribution < 1.29 is 0 Å². The number of nitrogens with zero attached hydrogens (tertiary/aromatic N) is 1. The van der Waals surface area contributed by atoms with E-state index in [-0.39, 0.29) is 0 Å². The molecule has 1 aliphatic heterocycles. The Labute approximate surface area is 118 Å². The highest BCUT2D eigenvalue weighted by atomic mass is 15.2. The second-order valence-corrected chi connectivity index (χ2v) is 5.91. The van der Waals surface area contributed by atoms with Crippen LogP contribution in [0.1, 0.15) is 39.2 Å². The molecule has 1 aliphatic rings. The maximum Gasteiger partial charge on any atom is 0.0236 e. The van der Waals surface area contributed by atoms with Crippen molar-refractivity contribution in [3.05, 3.63) is 35.9 Å². The van der Waals surface area contributed by atoms with Gasteiger partial charge in [0.25, 0.3) is 0 Å². The highest BCUT2D eigenvalue weighted by Gasteiger charge is 2.31. The van der Waals surface area contributed by atoms with Crippen molar-refractivity contribution in [1.29, 1.82) is 0 Å². The van der Waals surface area contributed by atoms with Crippen molar-refractivity contribution in [2.24, 2.45) is 5.92 Å². The first-order valence-electron chi connectivity index (χ1n) is 7.73. The lowest BCUT2D eigenvalue weighted by atomic mass is 9.86. The standard InChI is InChI=1S/C17H28N2/c1-4-11-18-17-10-12-19(15(3)14(17)2)13-16-8-6-5-7-9-16/h5-9,14-15,17-18H,4,10-13H2,1-3H3. The lowest BCUT2D eigenvalue weighted by Gasteiger charge is -2.43. The van der Waals surface area contributed by atoms with Crippen molar-refractivity contribution in [2.75, 3.05) is 13.1 Å². The largest absolute Gasteiger partial charge is 0.314 e. The maximum absolute atomic E-state index is 3.71. The lowest BCUT2D eigenvalue weighted by molar-refractivity contribution is 0.0785. The van der Waals surface area contributed by atoms with Gasteiger partial charge in [-0.25, -0.2) is 0 Å². The van der Waals surface area contributed by atoms with Crippen LogP contribution in [-0.2, 0) is 6.54 Å². The number of benzene rings is 1. The van der Waals surface area contributed by atoms with Gasteiger partial charge in [-0.3, -0.25) is 4.90 Å². The molecule has 2 nitrogen and oxygen atoms in total. The first kappa shape index (κ1) is 14.5. The molecule has 0 spiro atoms. The molecule has 1 aromatic rings. The first-order valence-corrected chi connectivity index (χ1v) is 7.73. The molecule has 2 heteroatoms. The van der Waals surface area contributed by atoms with Crippen LogP contribution in [0.15, 0.2) is 30.3 Å². The third-order valence-corrected chi connectivity index (χ3v) is 4.58. The molecule has 3 atom stereocenters. The van der Waals surface area contributed by atoms with E-state index in [1.54, 1.807) is 0 Å². The summed E-state index contributed by atoms with van der Waals surface area (Å²) in [7, 11) is 0. The SMILES string of the molecule is CCCNC1CCN(Cc2ccccc2)C(C)C1C. The molecule has 1 N–H and O–H groups in total. The second kappa shape index (κ2) is 7.06. The summed E-state index contributed by atoms with van der Waals surface area (Å²) < 4.78 is 0. The summed E-state index contributed by atoms with van der Waals surface area (Å²) in [6, 6.07) is 12.2. The molecule has 1 saturated heterocycles. The Kier molecular flexibility index (Phi) is 5.41. The van der Waals surface area contributed by atoms with Gasteiger partial charge in [0, 0.05) is 25.2 Å². The van der Waals surface area contributed by atoms with E-state index in [2.05, 4.69) is 61.3 Å². The van der Waals surface area contributed by atoms with Gasteiger partial charge in [-0.2, -0.15) is 0 Å². The smallest absolute Gasteiger partial charge is 0.0236 e. The summed E-state index contributed by atoms with van der Waals surface area (Å²) in [6.07, 6.45) is 2.50. The van der Waals surface area contributed by atoms with Gasteiger partial charge in [0.2, 0.25) is 0 Å². The Morgan fingerprint density at radius 3 is 2.63 bits per heavy atom. The van der Waals surface area contributed by atoms with Gasteiger partial charge in [-0.15, -0.1) is 0 Å². The van der Waals surface area contributed by atoms with E-state index in [1.165, 1.54) is 24.9 Å². The summed E-state index contributed by atoms with van der Waals surface area (Å²) in [6.45, 7) is 10.5. The van der Waals surface area contributed by atoms with E-state index in [4.69, 9.17) is 0 Å². The second-order valence-electron chi connectivity index (χ2n) is 5.91. The number of rotatable bonds is 5. The topological polar surface area (TPSA) is 15.3 Å². The Hall–Kier alpha value is -0.860. The van der Waals surface area contributed by atoms with Crippen molar-refractivity contribution in [3.8, 4) is 0 Å². The fourth-order valence-electron chi connectivity index (χ4n) is 3.10. The normalized spacial score (nSPS) is 28.5. The molecule has 0 aliphatic carbocycles. The van der Waals surface area contributed by atoms with E-state index in [0.29, 0.717) is 12.1 Å². The summed E-state index contributed by atoms with van der Waals surface area (Å²) in [5, 5.41) is 3.71. The van der Waals surface area contributed by atoms with Crippen LogP contribution in [0, 0.1) is 5.92 Å². The molecule has 0 radical (unpaired) electrons. The average Bonchev–Trinajstić information content (AvgIpc) is 2.44. The molecule has 106 valence electrons. The third-order valence-electron chi connectivity index (χ3n) is 4.58. The average molecular weight is 260 g/mol. The number of likely N-dealkylation sites (tertiary alicyclic amines) is 1. The molecule has 2 rings (SSSR count). The zero-order valence-electron chi connectivity index (χ0n) is 12.6. The molecule has 1 fully saturated rings. The minimum absolute atomic E-state index is 0.656. The molecular formula is C17H28N2. The summed E-state index contributed by atoms with van der Waals surface area (Å²) in [5.41, 5.74) is 1.43. The van der Waals surface area contributed by atoms with E-state index in [9.17, 15) is 0 Å². The van der Waals surface area contributed by atoms with Crippen molar-refractivity contribution in [2.45, 2.75) is 52.2 Å². The van der Waals surface area contributed by atoms with Gasteiger partial charge in [0.15, 0.2) is 0 Å². The van der Waals surface area contributed by atoms with Gasteiger partial charge in [0.05, 0.1) is 0 Å². The molecule has 1 heterocycles. The van der Waals surface area contributed by atoms with Crippen molar-refractivity contribution in [1.82, 2.24) is 10.2 Å². The quantitative estimate of drug-likeness (QED) is 0.874. The molecule has 0 saturated carbocycles. The minimum atomic E-state index is 0.656. The Morgan fingerprint density at radius 2 is 1.95 bits per heavy atom. The van der Waals surface area contributed by atoms with Gasteiger partial charge in [-0.05, 0) is 37.8 Å². The lowest BCUT2D eigenvalue weighted by Crippen LogP contribution is -2.53. The molecule has 3 unspecified atom stereocenters. The third kappa shape index (κ3) is 3.80. The molecule has 0 amide bonds. The Bertz CT molecular complexity index is 363. The van der Waals surface area contributed by atoms with Gasteiger partial charge < -0.3 is 5.32 Å². The van der Waals surface area contributed by atoms with Gasteiger partial charge in [-0.1, -0.05) is 44.2 Å². The zero-order chi connectivity index (χ0) is 13.7. The zero-order valence-corrected chi connectivity index (χ0v) is 12.6. The van der Waals surface area contributed by atoms with Crippen LogP contribution in [0.4, 0.5) is 0 Å². The molecule has 0 bridgehead atoms. The fourth-order valence-corrected chi connectivity index (χ4v) is 3.10. The van der Waals surface area contributed by atoms with Gasteiger partial charge >= 0.3 is 0 Å². The van der Waals surface area contributed by atoms with E-state index in [1.807, 2.05) is 0 Å². The summed E-state index contributed by atoms with van der Waals surface area (Å²) in [4.78, 5) is 2.63. The minimum Gasteiger partial charge on any atom is -0.314 e. The predicted molar refractivity (Wildman–Crippen MR) is 82.2 cm³/mol. The number of nitrogens with one attached hydrogen (secondary N) is 1. The van der Waals surface area contributed by atoms with Crippen LogP contribution in [0.5, 0.6) is 0 Å². The monoisotopic (exact) mass is 260 g/mol. The van der Waals surface area contributed by atoms with E-state index < -0.39 is 0 Å². The van der Waals surface area contributed by atoms with E-state index in [0.717, 1.165) is 19.0 Å². The number of hydrogen-bond donors (Lipinski definition) is 1. The first-order chi connectivity index (χ1) is 9.22. The summed E-state index contributed by atoms with van der Waals surface area (Å²) >= 11 is 0. The molecule has 1 aromatic carbocycles. The maximum atomic E-state index is 3.71. The van der Waals surface area contributed by atoms with Crippen molar-refractivity contribution >= 4 is 0 Å². The van der Waals surface area contributed by atoms with Crippen LogP contribution in [0.25, 0.3) is 0 Å². The number of hydrogen-bond acceptors (Lipinski definition) is 2. The van der Waals surface area contributed by atoms with Crippen LogP contribution in [0.2, 0.25) is 0 Å². The van der Waals surface area contributed by atoms with Crippen molar-refractivity contribution in [3.63, 3.8) is 0 Å². The van der Waals surface area contributed by atoms with Gasteiger partial charge in [0.1, 0.15) is 0 Å². The van der Waals surface area contributed by atoms with Crippen LogP contribution in [-0.4, -0.2) is 30.1 Å². The van der Waals surface area contributed by atoms with Crippen LogP contribution < -0.4 is 5.32 Å². The molecule has 0 aromatic heterocycles. The van der Waals surface area contributed by atoms with E-state index >= 15 is 0 Å². The van der Waals surface area contributed by atoms with Crippen LogP contribution >= 0.6 is 0 Å². The highest BCUT2D eigenvalue weighted by Crippen LogP contribution is 2.25. The summed E-state index contributed by atoms with van der Waals surface area (Å²) in [5.74, 6) is 0.726. The highest BCUT2D eigenvalue weighted by molar-refractivity contribution is 5.14. The predicted octanol–water partition coefficient (Wildman–Crippen LogP) is 3.29. The number of piperidine rings is 1. The Morgan fingerprint density at radius 1 is 1.21 bits per heavy atom. The van der Waals surface area contributed by atoms with Crippen LogP contribution in [0.3, 0.4) is 0 Å².